The first-order chi connectivity index (χ1) is 15.9. The van der Waals surface area contributed by atoms with Crippen LogP contribution in [-0.4, -0.2) is 58.8 Å². The van der Waals surface area contributed by atoms with Crippen LogP contribution in [0, 0.1) is 13.8 Å². The number of aryl methyl sites for hydroxylation is 2. The molecule has 0 radical (unpaired) electrons. The summed E-state index contributed by atoms with van der Waals surface area (Å²) < 4.78 is 8.40. The number of esters is 2. The van der Waals surface area contributed by atoms with E-state index in [1.807, 2.05) is 0 Å². The van der Waals surface area contributed by atoms with Crippen molar-refractivity contribution in [2.45, 2.75) is 20.3 Å². The minimum atomic E-state index is -1.06. The van der Waals surface area contributed by atoms with E-state index in [2.05, 4.69) is 9.47 Å². The predicted molar refractivity (Wildman–Crippen MR) is 119 cm³/mol. The van der Waals surface area contributed by atoms with Crippen molar-refractivity contribution in [3.8, 4) is 11.5 Å². The number of phenols is 2. The minimum absolute atomic E-state index is 0.00651. The Kier molecular flexibility index (Phi) is 10.2. The number of aliphatic hydroxyl groups is 1. The molecule has 0 aliphatic carbocycles. The van der Waals surface area contributed by atoms with Crippen LogP contribution in [0.25, 0.3) is 5.76 Å². The first-order valence-corrected chi connectivity index (χ1v) is 9.68. The molecule has 10 nitrogen and oxygen atoms in total. The van der Waals surface area contributed by atoms with E-state index >= 15 is 0 Å². The average Bonchev–Trinajstić information content (AvgIpc) is 2.81. The largest absolute Gasteiger partial charge is 0.508 e. The van der Waals surface area contributed by atoms with Crippen molar-refractivity contribution in [3.63, 3.8) is 0 Å². The molecule has 0 saturated carbocycles. The van der Waals surface area contributed by atoms with Gasteiger partial charge in [-0.05, 0) is 37.1 Å². The van der Waals surface area contributed by atoms with E-state index in [4.69, 9.17) is 0 Å². The SMILES string of the molecule is COC(=O)C(=O)/C=C(\O)c1ccc(C)c(O)c1.COC(=O)C(=O)CC(=O)c1ccc(C)c(O)c1. The maximum absolute atomic E-state index is 11.6. The first-order valence-electron chi connectivity index (χ1n) is 9.68. The van der Waals surface area contributed by atoms with E-state index in [1.54, 1.807) is 26.0 Å². The van der Waals surface area contributed by atoms with Gasteiger partial charge in [0, 0.05) is 17.2 Å². The van der Waals surface area contributed by atoms with Gasteiger partial charge in [0.15, 0.2) is 5.78 Å². The smallest absolute Gasteiger partial charge is 0.378 e. The molecular formula is C24H24O10. The number of aliphatic hydroxyl groups excluding tert-OH is 1. The third-order valence-electron chi connectivity index (χ3n) is 4.42. The molecule has 180 valence electrons. The highest BCUT2D eigenvalue weighted by atomic mass is 16.5. The molecule has 34 heavy (non-hydrogen) atoms. The van der Waals surface area contributed by atoms with E-state index < -0.39 is 41.5 Å². The Hall–Kier alpha value is -4.47. The predicted octanol–water partition coefficient (Wildman–Crippen LogP) is 2.36. The van der Waals surface area contributed by atoms with Crippen LogP contribution in [0.3, 0.4) is 0 Å². The van der Waals surface area contributed by atoms with Gasteiger partial charge in [0.25, 0.3) is 5.78 Å². The number of aromatic hydroxyl groups is 2. The number of rotatable bonds is 7. The number of ketones is 3. The van der Waals surface area contributed by atoms with Gasteiger partial charge in [0.2, 0.25) is 5.78 Å². The summed E-state index contributed by atoms with van der Waals surface area (Å²) in [5, 5.41) is 28.4. The molecule has 2 aromatic rings. The molecule has 0 unspecified atom stereocenters. The van der Waals surface area contributed by atoms with Crippen LogP contribution in [0.4, 0.5) is 0 Å². The van der Waals surface area contributed by atoms with Crippen LogP contribution in [0.5, 0.6) is 11.5 Å². The Balaban J connectivity index is 0.000000340. The number of carbonyl (C=O) groups excluding carboxylic acids is 5. The first kappa shape index (κ1) is 27.6. The van der Waals surface area contributed by atoms with Gasteiger partial charge in [-0.3, -0.25) is 14.4 Å². The number of carbonyl (C=O) groups is 5. The highest BCUT2D eigenvalue weighted by Gasteiger charge is 2.19. The van der Waals surface area contributed by atoms with Crippen LogP contribution in [-0.2, 0) is 28.7 Å². The molecular weight excluding hydrogens is 448 g/mol. The van der Waals surface area contributed by atoms with Crippen molar-refractivity contribution >= 4 is 35.0 Å². The number of ether oxygens (including phenoxy) is 2. The molecule has 3 N–H and O–H groups in total. The zero-order valence-corrected chi connectivity index (χ0v) is 18.9. The van der Waals surface area contributed by atoms with Crippen molar-refractivity contribution in [3.05, 3.63) is 64.7 Å². The Morgan fingerprint density at radius 3 is 1.74 bits per heavy atom. The molecule has 0 aliphatic heterocycles. The van der Waals surface area contributed by atoms with Crippen molar-refractivity contribution in [2.75, 3.05) is 14.2 Å². The fraction of sp³-hybridized carbons (Fsp3) is 0.208. The standard InChI is InChI=1S/2C12H12O5/c2*1-7-3-4-8(5-9(7)13)10(14)6-11(15)12(16)17-2/h3-5,13H,6H2,1-2H3;3-6,13-14H,1-2H3/b;10-6-. The van der Waals surface area contributed by atoms with Gasteiger partial charge in [-0.25, -0.2) is 9.59 Å². The monoisotopic (exact) mass is 472 g/mol. The summed E-state index contributed by atoms with van der Waals surface area (Å²) >= 11 is 0. The summed E-state index contributed by atoms with van der Waals surface area (Å²) in [4.78, 5) is 55.5. The van der Waals surface area contributed by atoms with Crippen LogP contribution in [0.1, 0.15) is 33.5 Å². The Bertz CT molecular complexity index is 1140. The minimum Gasteiger partial charge on any atom is -0.508 e. The second-order valence-electron chi connectivity index (χ2n) is 6.90. The summed E-state index contributed by atoms with van der Waals surface area (Å²) in [5.41, 5.74) is 1.69. The van der Waals surface area contributed by atoms with E-state index in [0.717, 1.165) is 20.3 Å². The molecule has 2 aromatic carbocycles. The lowest BCUT2D eigenvalue weighted by molar-refractivity contribution is -0.151. The topological polar surface area (TPSA) is 164 Å². The van der Waals surface area contributed by atoms with Crippen molar-refractivity contribution in [1.29, 1.82) is 0 Å². The normalized spacial score (nSPS) is 10.4. The van der Waals surface area contributed by atoms with Crippen molar-refractivity contribution < 1.29 is 48.8 Å². The molecule has 0 atom stereocenters. The summed E-state index contributed by atoms with van der Waals surface area (Å²) in [6.07, 6.45) is 0.186. The number of Topliss-reactive ketones (excluding diaryl/α,β-unsaturated/α-hetero) is 2. The van der Waals surface area contributed by atoms with Gasteiger partial charge in [0.05, 0.1) is 20.6 Å². The van der Waals surface area contributed by atoms with Gasteiger partial charge >= 0.3 is 11.9 Å². The Morgan fingerprint density at radius 1 is 0.794 bits per heavy atom. The second-order valence-corrected chi connectivity index (χ2v) is 6.90. The van der Waals surface area contributed by atoms with Crippen LogP contribution in [0.2, 0.25) is 0 Å². The molecule has 0 fully saturated rings. The zero-order valence-electron chi connectivity index (χ0n) is 18.9. The average molecular weight is 472 g/mol. The number of benzene rings is 2. The number of hydrogen-bond donors (Lipinski definition) is 3. The van der Waals surface area contributed by atoms with Gasteiger partial charge in [-0.1, -0.05) is 24.3 Å². The second kappa shape index (κ2) is 12.5. The highest BCUT2D eigenvalue weighted by Crippen LogP contribution is 2.21. The van der Waals surface area contributed by atoms with Gasteiger partial charge in [0.1, 0.15) is 17.3 Å². The molecule has 0 bridgehead atoms. The molecule has 0 aliphatic rings. The molecule has 0 spiro atoms. The fourth-order valence-corrected chi connectivity index (χ4v) is 2.35. The number of phenolic OH excluding ortho intramolecular Hbond substituents is 2. The lowest BCUT2D eigenvalue weighted by Crippen LogP contribution is -2.19. The molecule has 10 heteroatoms. The Morgan fingerprint density at radius 2 is 1.26 bits per heavy atom. The summed E-state index contributed by atoms with van der Waals surface area (Å²) in [6.45, 7) is 3.38. The molecule has 0 heterocycles. The highest BCUT2D eigenvalue weighted by molar-refractivity contribution is 6.39. The van der Waals surface area contributed by atoms with E-state index in [-0.39, 0.29) is 22.6 Å². The number of methoxy groups -OCH3 is 2. The molecule has 2 rings (SSSR count). The molecule has 0 saturated heterocycles. The Labute approximate surface area is 195 Å². The van der Waals surface area contributed by atoms with E-state index in [9.17, 15) is 39.3 Å². The maximum Gasteiger partial charge on any atom is 0.378 e. The lowest BCUT2D eigenvalue weighted by atomic mass is 10.0. The number of hydrogen-bond acceptors (Lipinski definition) is 10. The third kappa shape index (κ3) is 7.90. The zero-order chi connectivity index (χ0) is 26.0. The van der Waals surface area contributed by atoms with Crippen LogP contribution >= 0.6 is 0 Å². The van der Waals surface area contributed by atoms with E-state index in [1.165, 1.54) is 24.3 Å². The summed E-state index contributed by atoms with van der Waals surface area (Å²) in [5.74, 6) is -4.95. The van der Waals surface area contributed by atoms with Crippen LogP contribution in [0.15, 0.2) is 42.5 Å². The van der Waals surface area contributed by atoms with Gasteiger partial charge in [-0.2, -0.15) is 0 Å². The molecule has 0 aromatic heterocycles. The molecule has 0 amide bonds. The lowest BCUT2D eigenvalue weighted by Gasteiger charge is -2.03. The third-order valence-corrected chi connectivity index (χ3v) is 4.42. The van der Waals surface area contributed by atoms with E-state index in [0.29, 0.717) is 11.1 Å². The van der Waals surface area contributed by atoms with Crippen LogP contribution < -0.4 is 0 Å². The van der Waals surface area contributed by atoms with Gasteiger partial charge in [-0.15, -0.1) is 0 Å². The maximum atomic E-state index is 11.6. The quantitative estimate of drug-likeness (QED) is 0.136. The summed E-state index contributed by atoms with van der Waals surface area (Å²) in [7, 11) is 2.14. The van der Waals surface area contributed by atoms with Crippen molar-refractivity contribution in [2.24, 2.45) is 0 Å². The fourth-order valence-electron chi connectivity index (χ4n) is 2.35. The van der Waals surface area contributed by atoms with Crippen molar-refractivity contribution in [1.82, 2.24) is 0 Å². The van der Waals surface area contributed by atoms with Gasteiger partial charge < -0.3 is 24.8 Å². The summed E-state index contributed by atoms with van der Waals surface area (Å²) in [6, 6.07) is 8.71.